The van der Waals surface area contributed by atoms with Crippen LogP contribution in [0.25, 0.3) is 0 Å². The van der Waals surface area contributed by atoms with Gasteiger partial charge in [0.25, 0.3) is 0 Å². The van der Waals surface area contributed by atoms with Crippen LogP contribution in [0.3, 0.4) is 0 Å². The Kier molecular flexibility index (Phi) is 5.95. The smallest absolute Gasteiger partial charge is 0.326 e. The first-order valence-corrected chi connectivity index (χ1v) is 7.08. The Balaban J connectivity index is 2.67. The number of aliphatic carboxylic acids is 1. The fourth-order valence-corrected chi connectivity index (χ4v) is 2.41. The third-order valence-corrected chi connectivity index (χ3v) is 3.61. The number of nitrogens with one attached hydrogen (secondary N) is 1. The number of carbonyl (C=O) groups excluding carboxylic acids is 2. The molecule has 0 spiro atoms. The molecule has 1 fully saturated rings. The van der Waals surface area contributed by atoms with Gasteiger partial charge in [0.05, 0.1) is 6.10 Å². The Bertz CT molecular complexity index is 411. The van der Waals surface area contributed by atoms with Gasteiger partial charge in [0, 0.05) is 26.1 Å². The Morgan fingerprint density at radius 3 is 2.38 bits per heavy atom. The van der Waals surface area contributed by atoms with E-state index >= 15 is 0 Å². The maximum absolute atomic E-state index is 12.1. The van der Waals surface area contributed by atoms with Crippen molar-refractivity contribution in [2.75, 3.05) is 19.6 Å². The monoisotopic (exact) mass is 301 g/mol. The topological polar surface area (TPSA) is 110 Å². The van der Waals surface area contributed by atoms with Crippen LogP contribution >= 0.6 is 0 Å². The predicted octanol–water partition coefficient (Wildman–Crippen LogP) is -0.527. The highest BCUT2D eigenvalue weighted by Gasteiger charge is 2.39. The van der Waals surface area contributed by atoms with E-state index in [1.54, 1.807) is 11.8 Å². The summed E-state index contributed by atoms with van der Waals surface area (Å²) in [6.07, 6.45) is -0.855. The molecule has 0 bridgehead atoms. The largest absolute Gasteiger partial charge is 0.480 e. The predicted molar refractivity (Wildman–Crippen MR) is 74.7 cm³/mol. The number of aliphatic hydroxyl groups is 1. The first kappa shape index (κ1) is 17.2. The van der Waals surface area contributed by atoms with Gasteiger partial charge in [-0.3, -0.25) is 4.79 Å². The highest BCUT2D eigenvalue weighted by atomic mass is 16.4. The summed E-state index contributed by atoms with van der Waals surface area (Å²) in [6, 6.07) is -2.45. The summed E-state index contributed by atoms with van der Waals surface area (Å²) in [7, 11) is 0. The first-order chi connectivity index (χ1) is 9.81. The second-order valence-electron chi connectivity index (χ2n) is 5.08. The molecule has 3 unspecified atom stereocenters. The van der Waals surface area contributed by atoms with Crippen molar-refractivity contribution in [3.8, 4) is 0 Å². The summed E-state index contributed by atoms with van der Waals surface area (Å²) < 4.78 is 0. The molecule has 0 radical (unpaired) electrons. The van der Waals surface area contributed by atoms with Crippen molar-refractivity contribution >= 4 is 17.9 Å². The first-order valence-electron chi connectivity index (χ1n) is 7.08. The van der Waals surface area contributed by atoms with Crippen LogP contribution in [0.5, 0.6) is 0 Å². The minimum absolute atomic E-state index is 0.00112. The van der Waals surface area contributed by atoms with Gasteiger partial charge in [0.2, 0.25) is 5.91 Å². The van der Waals surface area contributed by atoms with E-state index in [0.29, 0.717) is 13.1 Å². The van der Waals surface area contributed by atoms with Crippen molar-refractivity contribution < 1.29 is 24.6 Å². The minimum Gasteiger partial charge on any atom is -0.480 e. The third-order valence-electron chi connectivity index (χ3n) is 3.61. The number of aliphatic hydroxyl groups excluding tert-OH is 1. The number of rotatable bonds is 5. The number of urea groups is 1. The molecule has 3 atom stereocenters. The van der Waals surface area contributed by atoms with Crippen LogP contribution in [0.1, 0.15) is 27.2 Å². The van der Waals surface area contributed by atoms with Crippen molar-refractivity contribution in [3.63, 3.8) is 0 Å². The Hall–Kier alpha value is -1.83. The fraction of sp³-hybridized carbons (Fsp3) is 0.769. The van der Waals surface area contributed by atoms with E-state index in [4.69, 9.17) is 5.11 Å². The molecule has 3 amide bonds. The fourth-order valence-electron chi connectivity index (χ4n) is 2.41. The van der Waals surface area contributed by atoms with Gasteiger partial charge < -0.3 is 25.3 Å². The lowest BCUT2D eigenvalue weighted by Crippen LogP contribution is -2.53. The summed E-state index contributed by atoms with van der Waals surface area (Å²) in [5.74, 6) is -1.38. The maximum atomic E-state index is 12.1. The van der Waals surface area contributed by atoms with Crippen LogP contribution in [0.15, 0.2) is 0 Å². The zero-order valence-corrected chi connectivity index (χ0v) is 12.6. The number of likely N-dealkylation sites (tertiary alicyclic amines) is 1. The molecule has 1 rings (SSSR count). The second kappa shape index (κ2) is 7.26. The van der Waals surface area contributed by atoms with Crippen LogP contribution in [0, 0.1) is 0 Å². The summed E-state index contributed by atoms with van der Waals surface area (Å²) in [5.41, 5.74) is 0. The zero-order chi connectivity index (χ0) is 16.2. The van der Waals surface area contributed by atoms with Gasteiger partial charge in [-0.05, 0) is 20.8 Å². The summed E-state index contributed by atoms with van der Waals surface area (Å²) >= 11 is 0. The summed E-state index contributed by atoms with van der Waals surface area (Å²) in [6.45, 7) is 6.27. The molecule has 1 aliphatic rings. The van der Waals surface area contributed by atoms with E-state index in [1.165, 1.54) is 0 Å². The summed E-state index contributed by atoms with van der Waals surface area (Å²) in [5, 5.41) is 21.1. The number of likely N-dealkylation sites (N-methyl/N-ethyl adjacent to an activating group) is 1. The summed E-state index contributed by atoms with van der Waals surface area (Å²) in [4.78, 5) is 37.9. The zero-order valence-electron chi connectivity index (χ0n) is 12.6. The second-order valence-corrected chi connectivity index (χ2v) is 5.08. The van der Waals surface area contributed by atoms with Gasteiger partial charge in [-0.25, -0.2) is 9.59 Å². The minimum atomic E-state index is -1.16. The molecule has 1 aliphatic heterocycles. The lowest BCUT2D eigenvalue weighted by atomic mass is 10.2. The molecule has 0 aliphatic carbocycles. The average Bonchev–Trinajstić information content (AvgIpc) is 2.82. The van der Waals surface area contributed by atoms with E-state index in [0.717, 1.165) is 4.90 Å². The molecule has 0 saturated carbocycles. The molecule has 21 heavy (non-hydrogen) atoms. The molecule has 0 aromatic carbocycles. The molecular formula is C13H23N3O5. The van der Waals surface area contributed by atoms with Gasteiger partial charge in [0.15, 0.2) is 0 Å². The Morgan fingerprint density at radius 1 is 1.33 bits per heavy atom. The number of carbonyl (C=O) groups is 3. The lowest BCUT2D eigenvalue weighted by Gasteiger charge is -2.27. The maximum Gasteiger partial charge on any atom is 0.326 e. The van der Waals surface area contributed by atoms with E-state index in [-0.39, 0.29) is 18.9 Å². The van der Waals surface area contributed by atoms with Crippen molar-refractivity contribution in [2.45, 2.75) is 45.4 Å². The number of β-amino-alcohol motifs (C(OH)–C–C–N with tert-alkyl or cyclic N) is 1. The van der Waals surface area contributed by atoms with Gasteiger partial charge in [-0.2, -0.15) is 0 Å². The van der Waals surface area contributed by atoms with Crippen LogP contribution in [0.2, 0.25) is 0 Å². The number of amides is 3. The molecule has 0 aromatic rings. The van der Waals surface area contributed by atoms with E-state index in [9.17, 15) is 19.5 Å². The van der Waals surface area contributed by atoms with Gasteiger partial charge in [-0.15, -0.1) is 0 Å². The quantitative estimate of drug-likeness (QED) is 0.632. The van der Waals surface area contributed by atoms with Crippen molar-refractivity contribution in [3.05, 3.63) is 0 Å². The van der Waals surface area contributed by atoms with Crippen molar-refractivity contribution in [1.29, 1.82) is 0 Å². The van der Waals surface area contributed by atoms with E-state index < -0.39 is 30.2 Å². The Labute approximate surface area is 123 Å². The molecule has 1 heterocycles. The molecule has 3 N–H and O–H groups in total. The number of hydrogen-bond donors (Lipinski definition) is 3. The molecule has 1 saturated heterocycles. The molecule has 8 nitrogen and oxygen atoms in total. The standard InChI is InChI=1S/C13H23N3O5/c1-4-15(5-2)11(18)8(3)14-13(21)16-7-9(17)6-10(16)12(19)20/h8-10,17H,4-7H2,1-3H3,(H,14,21)(H,19,20). The van der Waals surface area contributed by atoms with Crippen molar-refractivity contribution in [2.24, 2.45) is 0 Å². The van der Waals surface area contributed by atoms with Crippen LogP contribution < -0.4 is 5.32 Å². The SMILES string of the molecule is CCN(CC)C(=O)C(C)NC(=O)N1CC(O)CC1C(=O)O. The van der Waals surface area contributed by atoms with E-state index in [1.807, 2.05) is 13.8 Å². The van der Waals surface area contributed by atoms with Crippen LogP contribution in [-0.4, -0.2) is 75.7 Å². The normalized spacial score (nSPS) is 22.8. The molecule has 0 aromatic heterocycles. The average molecular weight is 301 g/mol. The number of carboxylic acid groups (broad SMARTS) is 1. The number of hydrogen-bond acceptors (Lipinski definition) is 4. The van der Waals surface area contributed by atoms with Crippen LogP contribution in [-0.2, 0) is 9.59 Å². The molecular weight excluding hydrogens is 278 g/mol. The van der Waals surface area contributed by atoms with Crippen molar-refractivity contribution in [1.82, 2.24) is 15.1 Å². The highest BCUT2D eigenvalue weighted by molar-refractivity contribution is 5.89. The third kappa shape index (κ3) is 4.07. The molecule has 120 valence electrons. The van der Waals surface area contributed by atoms with Gasteiger partial charge in [-0.1, -0.05) is 0 Å². The highest BCUT2D eigenvalue weighted by Crippen LogP contribution is 2.18. The lowest BCUT2D eigenvalue weighted by molar-refractivity contribution is -0.141. The van der Waals surface area contributed by atoms with Gasteiger partial charge in [0.1, 0.15) is 12.1 Å². The van der Waals surface area contributed by atoms with Gasteiger partial charge >= 0.3 is 12.0 Å². The van der Waals surface area contributed by atoms with E-state index in [2.05, 4.69) is 5.32 Å². The number of nitrogens with zero attached hydrogens (tertiary/aromatic N) is 2. The van der Waals surface area contributed by atoms with Crippen LogP contribution in [0.4, 0.5) is 4.79 Å². The molecule has 8 heteroatoms. The Morgan fingerprint density at radius 2 is 1.90 bits per heavy atom. The number of carboxylic acids is 1.